The molecule has 21 heavy (non-hydrogen) atoms. The van der Waals surface area contributed by atoms with Gasteiger partial charge in [0.15, 0.2) is 0 Å². The van der Waals surface area contributed by atoms with Crippen LogP contribution in [0.3, 0.4) is 0 Å². The fourth-order valence-electron chi connectivity index (χ4n) is 2.21. The van der Waals surface area contributed by atoms with Gasteiger partial charge in [0.1, 0.15) is 0 Å². The molecule has 0 saturated carbocycles. The first-order chi connectivity index (χ1) is 9.76. The lowest BCUT2D eigenvalue weighted by molar-refractivity contribution is 0.191. The van der Waals surface area contributed by atoms with E-state index in [1.54, 1.807) is 0 Å². The van der Waals surface area contributed by atoms with Crippen molar-refractivity contribution in [3.05, 3.63) is 34.3 Å². The van der Waals surface area contributed by atoms with Gasteiger partial charge in [0, 0.05) is 29.5 Å². The quantitative estimate of drug-likeness (QED) is 0.805. The summed E-state index contributed by atoms with van der Waals surface area (Å²) in [4.78, 5) is 14.1. The van der Waals surface area contributed by atoms with Crippen LogP contribution in [0.15, 0.2) is 28.7 Å². The molecule has 1 aromatic rings. The van der Waals surface area contributed by atoms with Crippen LogP contribution in [0.25, 0.3) is 0 Å². The molecule has 1 rings (SSSR count). The number of hydrogen-bond acceptors (Lipinski definition) is 1. The third-order valence-corrected chi connectivity index (χ3v) is 4.09. The first kappa shape index (κ1) is 18.0. The van der Waals surface area contributed by atoms with Crippen molar-refractivity contribution in [1.29, 1.82) is 0 Å². The van der Waals surface area contributed by atoms with Gasteiger partial charge in [-0.3, -0.25) is 0 Å². The molecule has 0 aliphatic carbocycles. The summed E-state index contributed by atoms with van der Waals surface area (Å²) in [5.41, 5.74) is 1.13. The summed E-state index contributed by atoms with van der Waals surface area (Å²) in [6.07, 6.45) is 0. The number of nitrogens with one attached hydrogen (secondary N) is 1. The Morgan fingerprint density at radius 2 is 1.86 bits per heavy atom. The second kappa shape index (κ2) is 7.83. The number of halogens is 1. The number of urea groups is 1. The molecule has 0 heterocycles. The molecule has 118 valence electrons. The van der Waals surface area contributed by atoms with Crippen LogP contribution in [-0.2, 0) is 5.41 Å². The molecular formula is C17H27BrN2O. The maximum absolute atomic E-state index is 12.2. The molecule has 3 nitrogen and oxygen atoms in total. The Balaban J connectivity index is 2.63. The molecule has 0 radical (unpaired) electrons. The molecule has 1 aromatic carbocycles. The highest BCUT2D eigenvalue weighted by molar-refractivity contribution is 9.10. The number of nitrogens with zero attached hydrogens (tertiary/aromatic N) is 1. The highest BCUT2D eigenvalue weighted by Gasteiger charge is 2.22. The average molecular weight is 355 g/mol. The largest absolute Gasteiger partial charge is 0.337 e. The van der Waals surface area contributed by atoms with E-state index in [-0.39, 0.29) is 11.4 Å². The van der Waals surface area contributed by atoms with Gasteiger partial charge in [-0.25, -0.2) is 4.79 Å². The number of amides is 2. The predicted molar refractivity (Wildman–Crippen MR) is 92.7 cm³/mol. The zero-order valence-corrected chi connectivity index (χ0v) is 15.3. The molecule has 2 amide bonds. The topological polar surface area (TPSA) is 32.3 Å². The first-order valence-electron chi connectivity index (χ1n) is 7.55. The lowest BCUT2D eigenvalue weighted by Gasteiger charge is -2.29. The summed E-state index contributed by atoms with van der Waals surface area (Å²) in [7, 11) is 0. The Hall–Kier alpha value is -1.03. The van der Waals surface area contributed by atoms with E-state index in [2.05, 4.69) is 61.1 Å². The van der Waals surface area contributed by atoms with Crippen LogP contribution in [0.2, 0.25) is 0 Å². The molecule has 0 fully saturated rings. The monoisotopic (exact) mass is 354 g/mol. The minimum atomic E-state index is -0.0897. The summed E-state index contributed by atoms with van der Waals surface area (Å²) in [5.74, 6) is 0.482. The van der Waals surface area contributed by atoms with Crippen molar-refractivity contribution in [2.75, 3.05) is 19.6 Å². The van der Waals surface area contributed by atoms with E-state index < -0.39 is 0 Å². The first-order valence-corrected chi connectivity index (χ1v) is 8.34. The third-order valence-electron chi connectivity index (χ3n) is 3.56. The summed E-state index contributed by atoms with van der Waals surface area (Å²) in [5, 5.41) is 3.07. The van der Waals surface area contributed by atoms with Crippen LogP contribution in [0.4, 0.5) is 4.79 Å². The third kappa shape index (κ3) is 5.70. The number of carbonyl (C=O) groups is 1. The van der Waals surface area contributed by atoms with Gasteiger partial charge in [0.25, 0.3) is 0 Å². The Bertz CT molecular complexity index is 454. The maximum Gasteiger partial charge on any atom is 0.317 e. The van der Waals surface area contributed by atoms with Crippen molar-refractivity contribution < 1.29 is 4.79 Å². The Labute approximate surface area is 137 Å². The van der Waals surface area contributed by atoms with E-state index in [0.717, 1.165) is 17.6 Å². The van der Waals surface area contributed by atoms with Gasteiger partial charge >= 0.3 is 6.03 Å². The molecule has 0 bridgehead atoms. The zero-order chi connectivity index (χ0) is 16.0. The fraction of sp³-hybridized carbons (Fsp3) is 0.588. The minimum absolute atomic E-state index is 0.0244. The van der Waals surface area contributed by atoms with E-state index >= 15 is 0 Å². The van der Waals surface area contributed by atoms with Crippen molar-refractivity contribution >= 4 is 22.0 Å². The standard InChI is InChI=1S/C17H27BrN2O/c1-6-20(11-13(2)3)16(21)19-12-17(4,5)14-7-9-15(18)10-8-14/h7-10,13H,6,11-12H2,1-5H3,(H,19,21). The van der Waals surface area contributed by atoms with Crippen molar-refractivity contribution in [2.45, 2.75) is 40.0 Å². The van der Waals surface area contributed by atoms with Gasteiger partial charge in [0.2, 0.25) is 0 Å². The minimum Gasteiger partial charge on any atom is -0.337 e. The smallest absolute Gasteiger partial charge is 0.317 e. The van der Waals surface area contributed by atoms with Gasteiger partial charge in [0.05, 0.1) is 0 Å². The summed E-state index contributed by atoms with van der Waals surface area (Å²) in [6.45, 7) is 12.7. The van der Waals surface area contributed by atoms with E-state index in [1.165, 1.54) is 5.56 Å². The Morgan fingerprint density at radius 3 is 2.33 bits per heavy atom. The summed E-state index contributed by atoms with van der Waals surface area (Å²) < 4.78 is 1.07. The van der Waals surface area contributed by atoms with Gasteiger partial charge < -0.3 is 10.2 Å². The molecule has 0 aromatic heterocycles. The molecule has 0 aliphatic rings. The van der Waals surface area contributed by atoms with Crippen LogP contribution in [0.5, 0.6) is 0 Å². The van der Waals surface area contributed by atoms with Crippen molar-refractivity contribution in [3.8, 4) is 0 Å². The summed E-state index contributed by atoms with van der Waals surface area (Å²) >= 11 is 3.45. The fourth-order valence-corrected chi connectivity index (χ4v) is 2.47. The van der Waals surface area contributed by atoms with Crippen molar-refractivity contribution in [1.82, 2.24) is 10.2 Å². The molecule has 1 N–H and O–H groups in total. The number of carbonyl (C=O) groups excluding carboxylic acids is 1. The second-order valence-electron chi connectivity index (χ2n) is 6.48. The van der Waals surface area contributed by atoms with E-state index in [4.69, 9.17) is 0 Å². The van der Waals surface area contributed by atoms with Gasteiger partial charge in [-0.2, -0.15) is 0 Å². The molecule has 0 aliphatic heterocycles. The van der Waals surface area contributed by atoms with Gasteiger partial charge in [-0.05, 0) is 30.5 Å². The maximum atomic E-state index is 12.2. The molecule has 0 atom stereocenters. The normalized spacial score (nSPS) is 11.6. The number of benzene rings is 1. The molecule has 0 unspecified atom stereocenters. The van der Waals surface area contributed by atoms with Crippen LogP contribution in [0.1, 0.15) is 40.2 Å². The number of hydrogen-bond donors (Lipinski definition) is 1. The Kier molecular flexibility index (Phi) is 6.72. The lowest BCUT2D eigenvalue weighted by atomic mass is 9.85. The van der Waals surface area contributed by atoms with Gasteiger partial charge in [-0.15, -0.1) is 0 Å². The highest BCUT2D eigenvalue weighted by atomic mass is 79.9. The van der Waals surface area contributed by atoms with E-state index in [1.807, 2.05) is 24.0 Å². The van der Waals surface area contributed by atoms with Crippen molar-refractivity contribution in [2.24, 2.45) is 5.92 Å². The lowest BCUT2D eigenvalue weighted by Crippen LogP contribution is -2.45. The molecule has 0 saturated heterocycles. The number of rotatable bonds is 6. The van der Waals surface area contributed by atoms with Crippen LogP contribution in [0, 0.1) is 5.92 Å². The summed E-state index contributed by atoms with van der Waals surface area (Å²) in [6, 6.07) is 8.30. The van der Waals surface area contributed by atoms with E-state index in [9.17, 15) is 4.79 Å². The SMILES string of the molecule is CCN(CC(C)C)C(=O)NCC(C)(C)c1ccc(Br)cc1. The highest BCUT2D eigenvalue weighted by Crippen LogP contribution is 2.24. The predicted octanol–water partition coefficient (Wildman–Crippen LogP) is 4.41. The average Bonchev–Trinajstić information content (AvgIpc) is 2.42. The molecular weight excluding hydrogens is 328 g/mol. The van der Waals surface area contributed by atoms with E-state index in [0.29, 0.717) is 12.5 Å². The van der Waals surface area contributed by atoms with Crippen LogP contribution in [-0.4, -0.2) is 30.6 Å². The second-order valence-corrected chi connectivity index (χ2v) is 7.40. The molecule has 4 heteroatoms. The Morgan fingerprint density at radius 1 is 1.29 bits per heavy atom. The van der Waals surface area contributed by atoms with Crippen LogP contribution < -0.4 is 5.32 Å². The van der Waals surface area contributed by atoms with Crippen molar-refractivity contribution in [3.63, 3.8) is 0 Å². The molecule has 0 spiro atoms. The van der Waals surface area contributed by atoms with Crippen LogP contribution >= 0.6 is 15.9 Å². The van der Waals surface area contributed by atoms with Gasteiger partial charge in [-0.1, -0.05) is 55.8 Å². The zero-order valence-electron chi connectivity index (χ0n) is 13.7.